The standard InChI is InChI=1S/C13H14F3N5O/c1-8-18-12(20-19-8)10-7-21(4-5-22-10)9-2-3-17-11(6-9)13(14,15)16/h2-3,6,10H,4-5,7H2,1H3,(H,18,19,20). The van der Waals surface area contributed by atoms with E-state index >= 15 is 0 Å². The van der Waals surface area contributed by atoms with Gasteiger partial charge in [-0.1, -0.05) is 0 Å². The molecule has 0 radical (unpaired) electrons. The van der Waals surface area contributed by atoms with Gasteiger partial charge in [0.25, 0.3) is 0 Å². The predicted molar refractivity (Wildman–Crippen MR) is 71.3 cm³/mol. The smallest absolute Gasteiger partial charge is 0.366 e. The van der Waals surface area contributed by atoms with Gasteiger partial charge < -0.3 is 9.64 Å². The highest BCUT2D eigenvalue weighted by molar-refractivity contribution is 5.47. The summed E-state index contributed by atoms with van der Waals surface area (Å²) in [5.74, 6) is 1.17. The number of morpholine rings is 1. The predicted octanol–water partition coefficient (Wildman–Crippen LogP) is 2.10. The lowest BCUT2D eigenvalue weighted by Gasteiger charge is -2.33. The van der Waals surface area contributed by atoms with Crippen molar-refractivity contribution in [1.82, 2.24) is 20.2 Å². The van der Waals surface area contributed by atoms with Crippen LogP contribution >= 0.6 is 0 Å². The van der Waals surface area contributed by atoms with Crippen molar-refractivity contribution in [3.8, 4) is 0 Å². The Labute approximate surface area is 124 Å². The number of rotatable bonds is 2. The van der Waals surface area contributed by atoms with Crippen LogP contribution in [0.25, 0.3) is 0 Å². The average molecular weight is 313 g/mol. The van der Waals surface area contributed by atoms with Gasteiger partial charge in [0.05, 0.1) is 13.2 Å². The molecule has 0 bridgehead atoms. The van der Waals surface area contributed by atoms with Crippen molar-refractivity contribution in [1.29, 1.82) is 0 Å². The summed E-state index contributed by atoms with van der Waals surface area (Å²) in [6.45, 7) is 3.05. The molecule has 2 aromatic rings. The van der Waals surface area contributed by atoms with Gasteiger partial charge in [-0.05, 0) is 19.1 Å². The second-order valence-electron chi connectivity index (χ2n) is 4.98. The molecule has 0 aliphatic carbocycles. The zero-order valence-electron chi connectivity index (χ0n) is 11.8. The number of ether oxygens (including phenoxy) is 1. The van der Waals surface area contributed by atoms with Gasteiger partial charge in [-0.3, -0.25) is 10.1 Å². The van der Waals surface area contributed by atoms with E-state index in [4.69, 9.17) is 4.74 Å². The molecule has 3 rings (SSSR count). The minimum atomic E-state index is -4.46. The normalized spacial score (nSPS) is 19.5. The summed E-state index contributed by atoms with van der Waals surface area (Å²) >= 11 is 0. The number of alkyl halides is 3. The number of pyridine rings is 1. The van der Waals surface area contributed by atoms with Gasteiger partial charge in [-0.25, -0.2) is 4.98 Å². The Morgan fingerprint density at radius 1 is 1.41 bits per heavy atom. The fourth-order valence-corrected chi connectivity index (χ4v) is 2.32. The van der Waals surface area contributed by atoms with Crippen LogP contribution in [-0.2, 0) is 10.9 Å². The summed E-state index contributed by atoms with van der Waals surface area (Å²) in [7, 11) is 0. The van der Waals surface area contributed by atoms with Crippen molar-refractivity contribution < 1.29 is 17.9 Å². The Bertz CT molecular complexity index is 657. The van der Waals surface area contributed by atoms with Crippen LogP contribution in [0.1, 0.15) is 23.4 Å². The third-order valence-electron chi connectivity index (χ3n) is 3.37. The molecule has 0 amide bonds. The Morgan fingerprint density at radius 3 is 2.91 bits per heavy atom. The van der Waals surface area contributed by atoms with E-state index in [-0.39, 0.29) is 6.10 Å². The van der Waals surface area contributed by atoms with E-state index in [9.17, 15) is 13.2 Å². The quantitative estimate of drug-likeness (QED) is 0.920. The van der Waals surface area contributed by atoms with Crippen molar-refractivity contribution >= 4 is 5.69 Å². The van der Waals surface area contributed by atoms with Crippen LogP contribution in [-0.4, -0.2) is 39.9 Å². The highest BCUT2D eigenvalue weighted by Gasteiger charge is 2.33. The Morgan fingerprint density at radius 2 is 2.23 bits per heavy atom. The summed E-state index contributed by atoms with van der Waals surface area (Å²) in [4.78, 5) is 9.40. The maximum absolute atomic E-state index is 12.7. The minimum Gasteiger partial charge on any atom is -0.366 e. The minimum absolute atomic E-state index is 0.374. The summed E-state index contributed by atoms with van der Waals surface area (Å²) in [6, 6.07) is 2.60. The fourth-order valence-electron chi connectivity index (χ4n) is 2.32. The van der Waals surface area contributed by atoms with Crippen molar-refractivity contribution in [3.05, 3.63) is 35.7 Å². The van der Waals surface area contributed by atoms with E-state index in [0.29, 0.717) is 37.0 Å². The summed E-state index contributed by atoms with van der Waals surface area (Å²) in [6.07, 6.45) is -3.66. The zero-order valence-corrected chi connectivity index (χ0v) is 11.8. The molecule has 0 aromatic carbocycles. The van der Waals surface area contributed by atoms with Crippen LogP contribution in [0.3, 0.4) is 0 Å². The van der Waals surface area contributed by atoms with Crippen LogP contribution in [0.2, 0.25) is 0 Å². The first-order chi connectivity index (χ1) is 10.4. The molecule has 1 aliphatic heterocycles. The van der Waals surface area contributed by atoms with E-state index in [2.05, 4.69) is 20.2 Å². The van der Waals surface area contributed by atoms with E-state index in [1.165, 1.54) is 6.20 Å². The second-order valence-corrected chi connectivity index (χ2v) is 4.98. The number of hydrogen-bond donors (Lipinski definition) is 1. The molecule has 22 heavy (non-hydrogen) atoms. The van der Waals surface area contributed by atoms with Crippen LogP contribution < -0.4 is 4.90 Å². The van der Waals surface area contributed by atoms with Crippen molar-refractivity contribution in [3.63, 3.8) is 0 Å². The van der Waals surface area contributed by atoms with Gasteiger partial charge in [0, 0.05) is 18.4 Å². The first-order valence-electron chi connectivity index (χ1n) is 6.72. The zero-order chi connectivity index (χ0) is 15.7. The molecule has 9 heteroatoms. The van der Waals surface area contributed by atoms with Crippen LogP contribution in [0.15, 0.2) is 18.3 Å². The summed E-state index contributed by atoms with van der Waals surface area (Å²) in [5.41, 5.74) is -0.440. The molecule has 3 heterocycles. The molecule has 0 saturated carbocycles. The SMILES string of the molecule is Cc1nc(C2CN(c3ccnc(C(F)(F)F)c3)CCO2)n[nH]1. The molecule has 2 aromatic heterocycles. The lowest BCUT2D eigenvalue weighted by Crippen LogP contribution is -2.39. The second kappa shape index (κ2) is 5.56. The van der Waals surface area contributed by atoms with Crippen molar-refractivity contribution in [2.75, 3.05) is 24.6 Å². The monoisotopic (exact) mass is 313 g/mol. The van der Waals surface area contributed by atoms with Crippen molar-refractivity contribution in [2.45, 2.75) is 19.2 Å². The highest BCUT2D eigenvalue weighted by Crippen LogP contribution is 2.31. The number of aromatic amines is 1. The third-order valence-corrected chi connectivity index (χ3v) is 3.37. The van der Waals surface area contributed by atoms with Gasteiger partial charge in [0.2, 0.25) is 0 Å². The highest BCUT2D eigenvalue weighted by atomic mass is 19.4. The van der Waals surface area contributed by atoms with Gasteiger partial charge >= 0.3 is 6.18 Å². The number of aromatic nitrogens is 4. The van der Waals surface area contributed by atoms with Gasteiger partial charge in [-0.15, -0.1) is 0 Å². The maximum Gasteiger partial charge on any atom is 0.433 e. The van der Waals surface area contributed by atoms with E-state index in [0.717, 1.165) is 6.07 Å². The lowest BCUT2D eigenvalue weighted by molar-refractivity contribution is -0.141. The molecule has 6 nitrogen and oxygen atoms in total. The van der Waals surface area contributed by atoms with Crippen molar-refractivity contribution in [2.24, 2.45) is 0 Å². The number of halogens is 3. The number of hydrogen-bond acceptors (Lipinski definition) is 5. The number of anilines is 1. The van der Waals surface area contributed by atoms with E-state index in [1.807, 2.05) is 4.90 Å². The fraction of sp³-hybridized carbons (Fsp3) is 0.462. The van der Waals surface area contributed by atoms with Crippen LogP contribution in [0.5, 0.6) is 0 Å². The number of aryl methyl sites for hydroxylation is 1. The lowest BCUT2D eigenvalue weighted by atomic mass is 10.2. The Kier molecular flexibility index (Phi) is 3.73. The Balaban J connectivity index is 1.80. The number of nitrogens with one attached hydrogen (secondary N) is 1. The molecule has 1 fully saturated rings. The molecule has 1 aliphatic rings. The molecule has 1 saturated heterocycles. The molecule has 1 N–H and O–H groups in total. The number of nitrogens with zero attached hydrogens (tertiary/aromatic N) is 4. The molecular weight excluding hydrogens is 299 g/mol. The van der Waals surface area contributed by atoms with E-state index < -0.39 is 11.9 Å². The number of H-pyrrole nitrogens is 1. The molecule has 0 spiro atoms. The molecular formula is C13H14F3N5O. The summed E-state index contributed by atoms with van der Waals surface area (Å²) < 4.78 is 43.9. The van der Waals surface area contributed by atoms with Crippen LogP contribution in [0, 0.1) is 6.92 Å². The first-order valence-corrected chi connectivity index (χ1v) is 6.72. The largest absolute Gasteiger partial charge is 0.433 e. The molecule has 1 unspecified atom stereocenters. The third kappa shape index (κ3) is 3.03. The van der Waals surface area contributed by atoms with Gasteiger partial charge in [0.1, 0.15) is 17.6 Å². The molecule has 118 valence electrons. The first kappa shape index (κ1) is 14.8. The average Bonchev–Trinajstić information content (AvgIpc) is 2.93. The Hall–Kier alpha value is -2.16. The van der Waals surface area contributed by atoms with Gasteiger partial charge in [-0.2, -0.15) is 18.3 Å². The topological polar surface area (TPSA) is 66.9 Å². The molecule has 1 atom stereocenters. The van der Waals surface area contributed by atoms with Crippen LogP contribution in [0.4, 0.5) is 18.9 Å². The maximum atomic E-state index is 12.7. The van der Waals surface area contributed by atoms with Gasteiger partial charge in [0.15, 0.2) is 5.82 Å². The van der Waals surface area contributed by atoms with E-state index in [1.54, 1.807) is 13.0 Å². The summed E-state index contributed by atoms with van der Waals surface area (Å²) in [5, 5.41) is 6.78.